The molecule has 1 amide bonds. The zero-order valence-corrected chi connectivity index (χ0v) is 11.4. The second-order valence-electron chi connectivity index (χ2n) is 5.35. The molecule has 0 aromatic carbocycles. The minimum Gasteiger partial charge on any atom is -0.444 e. The summed E-state index contributed by atoms with van der Waals surface area (Å²) < 4.78 is 10.5. The van der Waals surface area contributed by atoms with E-state index >= 15 is 0 Å². The molecule has 0 bridgehead atoms. The molecule has 3 N–H and O–H groups in total. The van der Waals surface area contributed by atoms with Crippen LogP contribution in [0.25, 0.3) is 0 Å². The molecule has 0 aromatic rings. The van der Waals surface area contributed by atoms with E-state index in [1.807, 2.05) is 20.8 Å². The van der Waals surface area contributed by atoms with Crippen molar-refractivity contribution in [2.24, 2.45) is 5.73 Å². The van der Waals surface area contributed by atoms with Gasteiger partial charge in [0.25, 0.3) is 0 Å². The second kappa shape index (κ2) is 5.18. The predicted octanol–water partition coefficient (Wildman–Crippen LogP) is 1.35. The Morgan fingerprint density at radius 1 is 1.59 bits per heavy atom. The summed E-state index contributed by atoms with van der Waals surface area (Å²) in [5.74, 6) is 0. The van der Waals surface area contributed by atoms with E-state index in [1.54, 1.807) is 0 Å². The molecule has 1 atom stereocenters. The molecule has 1 aliphatic heterocycles. The van der Waals surface area contributed by atoms with Gasteiger partial charge >= 0.3 is 6.09 Å². The number of hydrogen-bond donors (Lipinski definition) is 2. The van der Waals surface area contributed by atoms with Crippen molar-refractivity contribution in [1.82, 2.24) is 5.32 Å². The van der Waals surface area contributed by atoms with Gasteiger partial charge in [0, 0.05) is 13.0 Å². The fourth-order valence-corrected chi connectivity index (χ4v) is 2.02. The minimum atomic E-state index is -0.520. The van der Waals surface area contributed by atoms with Crippen molar-refractivity contribution in [3.8, 4) is 0 Å². The number of alkyl carbamates (subject to hydrolysis) is 1. The third-order valence-corrected chi connectivity index (χ3v) is 2.53. The van der Waals surface area contributed by atoms with Crippen LogP contribution >= 0.6 is 12.2 Å². The van der Waals surface area contributed by atoms with Crippen LogP contribution in [0, 0.1) is 0 Å². The highest BCUT2D eigenvalue weighted by atomic mass is 32.1. The standard InChI is InChI=1S/C11H20N2O3S/c1-10(2,3)16-9(14)13-11(6-8(12)17)4-5-15-7-11/h4-7H2,1-3H3,(H2,12,17)(H,13,14). The first kappa shape index (κ1) is 14.2. The highest BCUT2D eigenvalue weighted by molar-refractivity contribution is 7.80. The molecule has 1 saturated heterocycles. The molecule has 17 heavy (non-hydrogen) atoms. The summed E-state index contributed by atoms with van der Waals surface area (Å²) in [6.07, 6.45) is 0.671. The van der Waals surface area contributed by atoms with Crippen molar-refractivity contribution in [3.05, 3.63) is 0 Å². The van der Waals surface area contributed by atoms with E-state index in [1.165, 1.54) is 0 Å². The SMILES string of the molecule is CC(C)(C)OC(=O)NC1(CC(N)=S)CCOC1. The molecule has 0 saturated carbocycles. The Kier molecular flexibility index (Phi) is 4.32. The lowest BCUT2D eigenvalue weighted by molar-refractivity contribution is 0.0445. The van der Waals surface area contributed by atoms with E-state index in [0.29, 0.717) is 31.0 Å². The van der Waals surface area contributed by atoms with Crippen molar-refractivity contribution in [2.45, 2.75) is 44.8 Å². The lowest BCUT2D eigenvalue weighted by Gasteiger charge is -2.30. The van der Waals surface area contributed by atoms with Crippen LogP contribution in [-0.2, 0) is 9.47 Å². The first-order valence-corrected chi connectivity index (χ1v) is 6.00. The normalized spacial score (nSPS) is 24.4. The molecule has 6 heteroatoms. The zero-order chi connectivity index (χ0) is 13.1. The highest BCUT2D eigenvalue weighted by Gasteiger charge is 2.38. The molecule has 5 nitrogen and oxygen atoms in total. The summed E-state index contributed by atoms with van der Waals surface area (Å²) in [6.45, 7) is 6.47. The molecule has 0 aromatic heterocycles. The topological polar surface area (TPSA) is 73.6 Å². The minimum absolute atomic E-state index is 0.367. The van der Waals surface area contributed by atoms with Gasteiger partial charge in [0.15, 0.2) is 0 Å². The molecule has 1 aliphatic rings. The van der Waals surface area contributed by atoms with Crippen LogP contribution in [0.4, 0.5) is 4.79 Å². The van der Waals surface area contributed by atoms with E-state index in [-0.39, 0.29) is 0 Å². The average Bonchev–Trinajstić information content (AvgIpc) is 2.47. The van der Waals surface area contributed by atoms with E-state index < -0.39 is 17.2 Å². The first-order valence-electron chi connectivity index (χ1n) is 5.60. The van der Waals surface area contributed by atoms with Crippen LogP contribution < -0.4 is 11.1 Å². The van der Waals surface area contributed by atoms with E-state index in [4.69, 9.17) is 27.4 Å². The number of rotatable bonds is 3. The highest BCUT2D eigenvalue weighted by Crippen LogP contribution is 2.23. The van der Waals surface area contributed by atoms with Gasteiger partial charge in [0.1, 0.15) is 5.60 Å². The van der Waals surface area contributed by atoms with Gasteiger partial charge in [-0.1, -0.05) is 12.2 Å². The first-order chi connectivity index (χ1) is 7.72. The smallest absolute Gasteiger partial charge is 0.408 e. The van der Waals surface area contributed by atoms with Crippen LogP contribution in [0.15, 0.2) is 0 Å². The Hall–Kier alpha value is -0.880. The predicted molar refractivity (Wildman–Crippen MR) is 68.9 cm³/mol. The third kappa shape index (κ3) is 4.87. The number of ether oxygens (including phenoxy) is 2. The Morgan fingerprint density at radius 2 is 2.24 bits per heavy atom. The molecule has 1 rings (SSSR count). The van der Waals surface area contributed by atoms with Crippen LogP contribution in [0.3, 0.4) is 0 Å². The number of carbonyl (C=O) groups is 1. The van der Waals surface area contributed by atoms with Gasteiger partial charge in [-0.25, -0.2) is 4.79 Å². The summed E-state index contributed by atoms with van der Waals surface area (Å²) in [7, 11) is 0. The zero-order valence-electron chi connectivity index (χ0n) is 10.5. The molecule has 0 radical (unpaired) electrons. The van der Waals surface area contributed by atoms with Gasteiger partial charge < -0.3 is 20.5 Å². The fraction of sp³-hybridized carbons (Fsp3) is 0.818. The van der Waals surface area contributed by atoms with Crippen LogP contribution in [-0.4, -0.2) is 35.4 Å². The maximum absolute atomic E-state index is 11.7. The Balaban J connectivity index is 2.61. The lowest BCUT2D eigenvalue weighted by atomic mass is 9.94. The lowest BCUT2D eigenvalue weighted by Crippen LogP contribution is -2.52. The van der Waals surface area contributed by atoms with Gasteiger partial charge in [-0.15, -0.1) is 0 Å². The molecule has 0 aliphatic carbocycles. The van der Waals surface area contributed by atoms with Crippen LogP contribution in [0.5, 0.6) is 0 Å². The van der Waals surface area contributed by atoms with Crippen molar-refractivity contribution in [1.29, 1.82) is 0 Å². The number of carbonyl (C=O) groups excluding carboxylic acids is 1. The van der Waals surface area contributed by atoms with Gasteiger partial charge in [0.05, 0.1) is 17.1 Å². The summed E-state index contributed by atoms with van der Waals surface area (Å²) in [6, 6.07) is 0. The van der Waals surface area contributed by atoms with Gasteiger partial charge in [-0.2, -0.15) is 0 Å². The molecule has 1 heterocycles. The Labute approximate surface area is 107 Å². The number of amides is 1. The second-order valence-corrected chi connectivity index (χ2v) is 5.88. The van der Waals surface area contributed by atoms with Crippen molar-refractivity contribution < 1.29 is 14.3 Å². The van der Waals surface area contributed by atoms with Gasteiger partial charge in [-0.3, -0.25) is 0 Å². The molecular weight excluding hydrogens is 240 g/mol. The fourth-order valence-electron chi connectivity index (χ4n) is 1.74. The van der Waals surface area contributed by atoms with Crippen molar-refractivity contribution in [3.63, 3.8) is 0 Å². The van der Waals surface area contributed by atoms with Crippen molar-refractivity contribution >= 4 is 23.3 Å². The molecular formula is C11H20N2O3S. The third-order valence-electron chi connectivity index (χ3n) is 2.38. The van der Waals surface area contributed by atoms with Crippen LogP contribution in [0.1, 0.15) is 33.6 Å². The van der Waals surface area contributed by atoms with Crippen molar-refractivity contribution in [2.75, 3.05) is 13.2 Å². The van der Waals surface area contributed by atoms with Gasteiger partial charge in [-0.05, 0) is 27.2 Å². The van der Waals surface area contributed by atoms with Crippen LogP contribution in [0.2, 0.25) is 0 Å². The molecule has 98 valence electrons. The maximum atomic E-state index is 11.7. The Morgan fingerprint density at radius 3 is 2.65 bits per heavy atom. The number of nitrogens with two attached hydrogens (primary N) is 1. The number of nitrogens with one attached hydrogen (secondary N) is 1. The van der Waals surface area contributed by atoms with E-state index in [2.05, 4.69) is 5.32 Å². The average molecular weight is 260 g/mol. The maximum Gasteiger partial charge on any atom is 0.408 e. The van der Waals surface area contributed by atoms with Gasteiger partial charge in [0.2, 0.25) is 0 Å². The molecule has 0 spiro atoms. The summed E-state index contributed by atoms with van der Waals surface area (Å²) in [5, 5.41) is 2.83. The summed E-state index contributed by atoms with van der Waals surface area (Å²) >= 11 is 4.90. The number of thiocarbonyl (C=S) groups is 1. The quantitative estimate of drug-likeness (QED) is 0.749. The number of hydrogen-bond acceptors (Lipinski definition) is 4. The Bertz CT molecular complexity index is 306. The summed E-state index contributed by atoms with van der Waals surface area (Å²) in [4.78, 5) is 12.1. The van der Waals surface area contributed by atoms with E-state index in [0.717, 1.165) is 0 Å². The van der Waals surface area contributed by atoms with E-state index in [9.17, 15) is 4.79 Å². The monoisotopic (exact) mass is 260 g/mol. The largest absolute Gasteiger partial charge is 0.444 e. The summed E-state index contributed by atoms with van der Waals surface area (Å²) in [5.41, 5.74) is 4.52. The molecule has 1 fully saturated rings. The molecule has 1 unspecified atom stereocenters.